The minimum atomic E-state index is 0.609. The van der Waals surface area contributed by atoms with Gasteiger partial charge in [-0.2, -0.15) is 0 Å². The van der Waals surface area contributed by atoms with Crippen molar-refractivity contribution >= 4 is 61.1 Å². The number of oxazole rings is 1. The standard InChI is InChI=1S/C52H37N3O/c1-54(43-18-6-3-7-19-43)48-21-11-10-20-46(48)38-27-32-45(33-28-38)55(44-30-25-37(26-31-44)42-24-23-36-13-8-9-16-41(36)35-42)49-22-12-17-39-29-34-47-51(50(39)49)56-52(53-47)40-14-4-2-5-15-40/h2-35H,1H3. The van der Waals surface area contributed by atoms with Crippen molar-refractivity contribution in [1.29, 1.82) is 0 Å². The van der Waals surface area contributed by atoms with E-state index in [9.17, 15) is 0 Å². The lowest BCUT2D eigenvalue weighted by Gasteiger charge is -2.27. The second kappa shape index (κ2) is 14.1. The number of aromatic nitrogens is 1. The quantitative estimate of drug-likeness (QED) is 0.157. The van der Waals surface area contributed by atoms with Crippen LogP contribution in [0.15, 0.2) is 211 Å². The summed E-state index contributed by atoms with van der Waals surface area (Å²) in [4.78, 5) is 9.53. The molecule has 0 N–H and O–H groups in total. The average molecular weight is 720 g/mol. The molecular weight excluding hydrogens is 683 g/mol. The van der Waals surface area contributed by atoms with Crippen LogP contribution in [0.4, 0.5) is 28.4 Å². The van der Waals surface area contributed by atoms with E-state index in [1.54, 1.807) is 0 Å². The highest BCUT2D eigenvalue weighted by molar-refractivity contribution is 6.12. The number of hydrogen-bond acceptors (Lipinski definition) is 4. The third kappa shape index (κ3) is 6.04. The third-order valence-corrected chi connectivity index (χ3v) is 10.7. The Bertz CT molecular complexity index is 2970. The molecule has 10 rings (SSSR count). The van der Waals surface area contributed by atoms with Crippen LogP contribution in [-0.4, -0.2) is 12.0 Å². The summed E-state index contributed by atoms with van der Waals surface area (Å²) in [5.74, 6) is 0.609. The van der Waals surface area contributed by atoms with Gasteiger partial charge in [0, 0.05) is 40.9 Å². The Morgan fingerprint density at radius 1 is 0.411 bits per heavy atom. The van der Waals surface area contributed by atoms with Crippen molar-refractivity contribution < 1.29 is 4.42 Å². The molecule has 1 heterocycles. The Labute approximate surface area is 326 Å². The van der Waals surface area contributed by atoms with Crippen molar-refractivity contribution in [3.05, 3.63) is 206 Å². The highest BCUT2D eigenvalue weighted by Crippen LogP contribution is 2.44. The Hall–Kier alpha value is -7.43. The largest absolute Gasteiger partial charge is 0.435 e. The van der Waals surface area contributed by atoms with Crippen LogP contribution in [0.5, 0.6) is 0 Å². The molecule has 0 bridgehead atoms. The second-order valence-electron chi connectivity index (χ2n) is 14.1. The molecule has 0 atom stereocenters. The summed E-state index contributed by atoms with van der Waals surface area (Å²) in [6, 6.07) is 72.8. The lowest BCUT2D eigenvalue weighted by molar-refractivity contribution is 0.623. The summed E-state index contributed by atoms with van der Waals surface area (Å²) >= 11 is 0. The molecule has 1 aromatic heterocycles. The SMILES string of the molecule is CN(c1ccccc1)c1ccccc1-c1ccc(N(c2ccc(-c3ccc4ccccc4c3)cc2)c2cccc3ccc4nc(-c5ccccc5)oc4c23)cc1. The highest BCUT2D eigenvalue weighted by atomic mass is 16.3. The third-order valence-electron chi connectivity index (χ3n) is 10.7. The van der Waals surface area contributed by atoms with E-state index in [-0.39, 0.29) is 0 Å². The van der Waals surface area contributed by atoms with E-state index in [4.69, 9.17) is 9.40 Å². The molecule has 0 radical (unpaired) electrons. The normalized spacial score (nSPS) is 11.3. The smallest absolute Gasteiger partial charge is 0.227 e. The molecule has 0 aliphatic carbocycles. The molecule has 0 spiro atoms. The maximum Gasteiger partial charge on any atom is 0.227 e. The zero-order chi connectivity index (χ0) is 37.4. The fourth-order valence-electron chi connectivity index (χ4n) is 7.82. The number of rotatable bonds is 8. The number of fused-ring (bicyclic) bond motifs is 4. The maximum atomic E-state index is 6.65. The number of hydrogen-bond donors (Lipinski definition) is 0. The topological polar surface area (TPSA) is 32.5 Å². The summed E-state index contributed by atoms with van der Waals surface area (Å²) in [5.41, 5.74) is 12.6. The Balaban J connectivity index is 1.11. The van der Waals surface area contributed by atoms with Crippen LogP contribution in [0.3, 0.4) is 0 Å². The van der Waals surface area contributed by atoms with Crippen molar-refractivity contribution in [2.45, 2.75) is 0 Å². The van der Waals surface area contributed by atoms with E-state index in [1.165, 1.54) is 21.9 Å². The first-order valence-electron chi connectivity index (χ1n) is 18.9. The Morgan fingerprint density at radius 2 is 1.00 bits per heavy atom. The zero-order valence-corrected chi connectivity index (χ0v) is 30.9. The van der Waals surface area contributed by atoms with Crippen molar-refractivity contribution in [1.82, 2.24) is 4.98 Å². The first-order chi connectivity index (χ1) is 27.7. The summed E-state index contributed by atoms with van der Waals surface area (Å²) in [5, 5.41) is 4.56. The van der Waals surface area contributed by atoms with Gasteiger partial charge in [-0.1, -0.05) is 133 Å². The predicted molar refractivity (Wildman–Crippen MR) is 235 cm³/mol. The second-order valence-corrected chi connectivity index (χ2v) is 14.1. The first-order valence-corrected chi connectivity index (χ1v) is 18.9. The molecule has 0 unspecified atom stereocenters. The monoisotopic (exact) mass is 719 g/mol. The molecule has 0 amide bonds. The zero-order valence-electron chi connectivity index (χ0n) is 30.9. The van der Waals surface area contributed by atoms with Crippen LogP contribution in [-0.2, 0) is 0 Å². The van der Waals surface area contributed by atoms with Crippen LogP contribution in [0.1, 0.15) is 0 Å². The molecule has 0 aliphatic rings. The van der Waals surface area contributed by atoms with Crippen molar-refractivity contribution in [2.75, 3.05) is 16.8 Å². The fraction of sp³-hybridized carbons (Fsp3) is 0.0192. The average Bonchev–Trinajstić information content (AvgIpc) is 3.72. The predicted octanol–water partition coefficient (Wildman–Crippen LogP) is 14.4. The minimum absolute atomic E-state index is 0.609. The Morgan fingerprint density at radius 3 is 1.77 bits per heavy atom. The fourth-order valence-corrected chi connectivity index (χ4v) is 7.82. The van der Waals surface area contributed by atoms with Crippen LogP contribution in [0.25, 0.3) is 66.4 Å². The van der Waals surface area contributed by atoms with Crippen LogP contribution < -0.4 is 9.80 Å². The van der Waals surface area contributed by atoms with E-state index in [1.807, 2.05) is 30.3 Å². The van der Waals surface area contributed by atoms with Crippen LogP contribution in [0.2, 0.25) is 0 Å². The molecule has 9 aromatic carbocycles. The van der Waals surface area contributed by atoms with Gasteiger partial charge >= 0.3 is 0 Å². The van der Waals surface area contributed by atoms with Gasteiger partial charge in [-0.25, -0.2) is 4.98 Å². The Kier molecular flexibility index (Phi) is 8.34. The molecule has 4 nitrogen and oxygen atoms in total. The molecule has 0 aliphatic heterocycles. The maximum absolute atomic E-state index is 6.65. The van der Waals surface area contributed by atoms with Crippen molar-refractivity contribution in [3.8, 4) is 33.7 Å². The molecule has 10 aromatic rings. The first kappa shape index (κ1) is 33.2. The number of anilines is 5. The summed E-state index contributed by atoms with van der Waals surface area (Å²) in [6.07, 6.45) is 0. The molecule has 266 valence electrons. The van der Waals surface area contributed by atoms with Crippen molar-refractivity contribution in [2.24, 2.45) is 0 Å². The lowest BCUT2D eigenvalue weighted by atomic mass is 10.00. The molecule has 56 heavy (non-hydrogen) atoms. The minimum Gasteiger partial charge on any atom is -0.435 e. The molecule has 0 fully saturated rings. The van der Waals surface area contributed by atoms with Gasteiger partial charge in [-0.3, -0.25) is 0 Å². The number of benzene rings is 9. The van der Waals surface area contributed by atoms with E-state index in [0.29, 0.717) is 5.89 Å². The molecule has 0 saturated carbocycles. The summed E-state index contributed by atoms with van der Waals surface area (Å²) < 4.78 is 6.65. The van der Waals surface area contributed by atoms with E-state index < -0.39 is 0 Å². The van der Waals surface area contributed by atoms with Gasteiger partial charge in [0.1, 0.15) is 5.52 Å². The molecular formula is C52H37N3O. The van der Waals surface area contributed by atoms with Gasteiger partial charge < -0.3 is 14.2 Å². The van der Waals surface area contributed by atoms with Gasteiger partial charge in [0.2, 0.25) is 5.89 Å². The number of para-hydroxylation sites is 2. The molecule has 4 heteroatoms. The van der Waals surface area contributed by atoms with Gasteiger partial charge in [-0.05, 0) is 106 Å². The van der Waals surface area contributed by atoms with E-state index >= 15 is 0 Å². The van der Waals surface area contributed by atoms with E-state index in [0.717, 1.165) is 67.0 Å². The number of nitrogens with zero attached hydrogens (tertiary/aromatic N) is 3. The van der Waals surface area contributed by atoms with Crippen LogP contribution >= 0.6 is 0 Å². The summed E-state index contributed by atoms with van der Waals surface area (Å²) in [7, 11) is 2.12. The van der Waals surface area contributed by atoms with Gasteiger partial charge in [-0.15, -0.1) is 0 Å². The highest BCUT2D eigenvalue weighted by Gasteiger charge is 2.21. The van der Waals surface area contributed by atoms with Crippen molar-refractivity contribution in [3.63, 3.8) is 0 Å². The lowest BCUT2D eigenvalue weighted by Crippen LogP contribution is -2.11. The van der Waals surface area contributed by atoms with Crippen LogP contribution in [0, 0.1) is 0 Å². The van der Waals surface area contributed by atoms with Gasteiger partial charge in [0.15, 0.2) is 5.58 Å². The van der Waals surface area contributed by atoms with E-state index in [2.05, 4.69) is 193 Å². The van der Waals surface area contributed by atoms with Gasteiger partial charge in [0.05, 0.1) is 11.1 Å². The molecule has 0 saturated heterocycles. The van der Waals surface area contributed by atoms with Gasteiger partial charge in [0.25, 0.3) is 0 Å². The summed E-state index contributed by atoms with van der Waals surface area (Å²) in [6.45, 7) is 0.